The van der Waals surface area contributed by atoms with E-state index in [1.807, 2.05) is 36.4 Å². The summed E-state index contributed by atoms with van der Waals surface area (Å²) in [5, 5.41) is 14.7. The number of hydrogen-bond donors (Lipinski definition) is 1. The van der Waals surface area contributed by atoms with Crippen LogP contribution in [-0.4, -0.2) is 20.9 Å². The van der Waals surface area contributed by atoms with Gasteiger partial charge in [-0.3, -0.25) is 14.3 Å². The number of hydrogen-bond acceptors (Lipinski definition) is 6. The molecule has 29 heavy (non-hydrogen) atoms. The molecule has 0 spiro atoms. The van der Waals surface area contributed by atoms with E-state index in [0.29, 0.717) is 11.3 Å². The molecule has 0 saturated carbocycles. The third-order valence-corrected chi connectivity index (χ3v) is 5.20. The number of aromatic hydroxyl groups is 1. The molecule has 1 unspecified atom stereocenters. The fourth-order valence-corrected chi connectivity index (χ4v) is 3.88. The van der Waals surface area contributed by atoms with Crippen molar-refractivity contribution in [1.29, 1.82) is 0 Å². The Kier molecular flexibility index (Phi) is 3.77. The molecule has 0 amide bonds. The zero-order chi connectivity index (χ0) is 20.1. The molecule has 5 rings (SSSR count). The van der Waals surface area contributed by atoms with Crippen molar-refractivity contribution in [3.05, 3.63) is 76.2 Å². The number of carbonyl (C=O) groups excluding carboxylic acids is 1. The minimum Gasteiger partial charge on any atom is -0.507 e. The molecular weight excluding hydrogens is 372 g/mol. The van der Waals surface area contributed by atoms with Crippen LogP contribution in [0, 0.1) is 0 Å². The Hall–Kier alpha value is -3.87. The number of fused-ring (bicyclic) bond motifs is 3. The molecule has 0 fully saturated rings. The lowest BCUT2D eigenvalue weighted by Gasteiger charge is -2.25. The minimum atomic E-state index is -0.427. The molecule has 7 heteroatoms. The molecule has 2 aromatic heterocycles. The Labute approximate surface area is 164 Å². The molecule has 0 aliphatic carbocycles. The molecule has 1 aliphatic rings. The number of benzene rings is 2. The lowest BCUT2D eigenvalue weighted by molar-refractivity contribution is -0.135. The highest BCUT2D eigenvalue weighted by Gasteiger charge is 2.34. The van der Waals surface area contributed by atoms with Gasteiger partial charge in [0.05, 0.1) is 6.42 Å². The van der Waals surface area contributed by atoms with Gasteiger partial charge in [-0.05, 0) is 6.07 Å². The quantitative estimate of drug-likeness (QED) is 0.418. The Morgan fingerprint density at radius 3 is 2.66 bits per heavy atom. The summed E-state index contributed by atoms with van der Waals surface area (Å²) in [6, 6.07) is 13.7. The number of nitrogens with zero attached hydrogens (tertiary/aromatic N) is 2. The van der Waals surface area contributed by atoms with Crippen LogP contribution >= 0.6 is 0 Å². The summed E-state index contributed by atoms with van der Waals surface area (Å²) >= 11 is 0. The molecule has 0 bridgehead atoms. The van der Waals surface area contributed by atoms with Gasteiger partial charge in [-0.25, -0.2) is 0 Å². The van der Waals surface area contributed by atoms with Crippen molar-refractivity contribution < 1.29 is 19.1 Å². The topological polar surface area (TPSA) is 94.6 Å². The van der Waals surface area contributed by atoms with Crippen LogP contribution in [-0.2, 0) is 11.8 Å². The number of phenols is 1. The van der Waals surface area contributed by atoms with Crippen molar-refractivity contribution in [2.24, 2.45) is 7.05 Å². The van der Waals surface area contributed by atoms with Crippen LogP contribution in [0.4, 0.5) is 0 Å². The molecule has 0 saturated heterocycles. The molecule has 1 aliphatic heterocycles. The van der Waals surface area contributed by atoms with Gasteiger partial charge in [0, 0.05) is 48.1 Å². The van der Waals surface area contributed by atoms with Crippen LogP contribution in [0.25, 0.3) is 22.3 Å². The van der Waals surface area contributed by atoms with Gasteiger partial charge in [-0.15, -0.1) is 0 Å². The highest BCUT2D eigenvalue weighted by Crippen LogP contribution is 2.45. The zero-order valence-corrected chi connectivity index (χ0v) is 15.5. The Morgan fingerprint density at radius 2 is 1.93 bits per heavy atom. The number of carbonyl (C=O) groups is 1. The number of esters is 1. The normalized spacial score (nSPS) is 15.9. The molecule has 4 aromatic rings. The smallest absolute Gasteiger partial charge is 0.312 e. The highest BCUT2D eigenvalue weighted by atomic mass is 16.5. The molecule has 1 atom stereocenters. The highest BCUT2D eigenvalue weighted by molar-refractivity contribution is 5.93. The van der Waals surface area contributed by atoms with Gasteiger partial charge in [0.15, 0.2) is 5.43 Å². The summed E-state index contributed by atoms with van der Waals surface area (Å²) in [5.41, 5.74) is 1.91. The number of ether oxygens (including phenoxy) is 1. The van der Waals surface area contributed by atoms with Gasteiger partial charge in [-0.1, -0.05) is 30.3 Å². The molecule has 2 aromatic carbocycles. The third-order valence-electron chi connectivity index (χ3n) is 5.20. The Bertz CT molecular complexity index is 1320. The number of aromatic nitrogens is 2. The second-order valence-corrected chi connectivity index (χ2v) is 6.96. The molecule has 144 valence electrons. The minimum absolute atomic E-state index is 0.0635. The average Bonchev–Trinajstić information content (AvgIpc) is 3.13. The van der Waals surface area contributed by atoms with E-state index in [9.17, 15) is 14.7 Å². The summed E-state index contributed by atoms with van der Waals surface area (Å²) < 4.78 is 13.2. The van der Waals surface area contributed by atoms with Crippen LogP contribution in [0.15, 0.2) is 63.9 Å². The summed E-state index contributed by atoms with van der Waals surface area (Å²) in [4.78, 5) is 25.1. The van der Waals surface area contributed by atoms with Gasteiger partial charge in [0.2, 0.25) is 0 Å². The summed E-state index contributed by atoms with van der Waals surface area (Å²) in [7, 11) is 1.78. The largest absolute Gasteiger partial charge is 0.507 e. The Balaban J connectivity index is 1.86. The van der Waals surface area contributed by atoms with Crippen molar-refractivity contribution in [1.82, 2.24) is 9.78 Å². The van der Waals surface area contributed by atoms with Crippen LogP contribution in [0.3, 0.4) is 0 Å². The van der Waals surface area contributed by atoms with Crippen molar-refractivity contribution in [3.63, 3.8) is 0 Å². The van der Waals surface area contributed by atoms with Crippen molar-refractivity contribution in [2.75, 3.05) is 0 Å². The average molecular weight is 388 g/mol. The van der Waals surface area contributed by atoms with Gasteiger partial charge in [0.25, 0.3) is 0 Å². The number of rotatable bonds is 2. The van der Waals surface area contributed by atoms with Crippen molar-refractivity contribution >= 4 is 16.9 Å². The lowest BCUT2D eigenvalue weighted by Crippen LogP contribution is -2.23. The first-order valence-corrected chi connectivity index (χ1v) is 9.10. The molecule has 7 nitrogen and oxygen atoms in total. The summed E-state index contributed by atoms with van der Waals surface area (Å²) in [5.74, 6) is -0.576. The van der Waals surface area contributed by atoms with Crippen LogP contribution in [0.1, 0.15) is 23.6 Å². The van der Waals surface area contributed by atoms with E-state index in [2.05, 4.69) is 5.10 Å². The maximum atomic E-state index is 12.9. The van der Waals surface area contributed by atoms with Gasteiger partial charge < -0.3 is 14.3 Å². The fraction of sp³-hybridized carbons (Fsp3) is 0.136. The first-order valence-electron chi connectivity index (χ1n) is 9.10. The summed E-state index contributed by atoms with van der Waals surface area (Å²) in [6.45, 7) is 0. The van der Waals surface area contributed by atoms with E-state index in [4.69, 9.17) is 9.15 Å². The van der Waals surface area contributed by atoms with E-state index in [1.54, 1.807) is 17.9 Å². The fourth-order valence-electron chi connectivity index (χ4n) is 3.88. The summed E-state index contributed by atoms with van der Waals surface area (Å²) in [6.07, 6.45) is 1.72. The standard InChI is InChI=1S/C22H16N2O5/c1-24-14(7-8-23-24)13-9-19(27)28-18-11-16(26)21-15(25)10-17(29-22(21)20(13)18)12-5-3-2-4-6-12/h2-8,10-11,13,26H,9H2,1H3. The Morgan fingerprint density at radius 1 is 1.14 bits per heavy atom. The van der Waals surface area contributed by atoms with E-state index in [1.165, 1.54) is 12.1 Å². The van der Waals surface area contributed by atoms with Gasteiger partial charge >= 0.3 is 5.97 Å². The lowest BCUT2D eigenvalue weighted by atomic mass is 9.88. The zero-order valence-electron chi connectivity index (χ0n) is 15.5. The SMILES string of the molecule is Cn1nccc1C1CC(=O)Oc2cc(O)c3c(=O)cc(-c4ccccc4)oc3c21. The predicted molar refractivity (Wildman–Crippen MR) is 105 cm³/mol. The van der Waals surface area contributed by atoms with Crippen LogP contribution < -0.4 is 10.2 Å². The predicted octanol–water partition coefficient (Wildman–Crippen LogP) is 3.34. The number of aryl methyl sites for hydroxylation is 1. The van der Waals surface area contributed by atoms with E-state index < -0.39 is 11.9 Å². The first kappa shape index (κ1) is 17.2. The maximum absolute atomic E-state index is 12.9. The van der Waals surface area contributed by atoms with Crippen LogP contribution in [0.5, 0.6) is 11.5 Å². The van der Waals surface area contributed by atoms with Crippen LogP contribution in [0.2, 0.25) is 0 Å². The molecule has 3 heterocycles. The number of phenolic OH excluding ortho intramolecular Hbond substituents is 1. The third kappa shape index (κ3) is 2.70. The second-order valence-electron chi connectivity index (χ2n) is 6.96. The monoisotopic (exact) mass is 388 g/mol. The molecule has 0 radical (unpaired) electrons. The second kappa shape index (κ2) is 6.34. The van der Waals surface area contributed by atoms with Crippen molar-refractivity contribution in [3.8, 4) is 22.8 Å². The van der Waals surface area contributed by atoms with Gasteiger partial charge in [-0.2, -0.15) is 5.10 Å². The first-order chi connectivity index (χ1) is 14.0. The van der Waals surface area contributed by atoms with Gasteiger partial charge in [0.1, 0.15) is 28.2 Å². The maximum Gasteiger partial charge on any atom is 0.312 e. The van der Waals surface area contributed by atoms with Crippen molar-refractivity contribution in [2.45, 2.75) is 12.3 Å². The van der Waals surface area contributed by atoms with E-state index in [-0.39, 0.29) is 34.3 Å². The molecule has 1 N–H and O–H groups in total. The van der Waals surface area contributed by atoms with E-state index >= 15 is 0 Å². The molecular formula is C22H16N2O5. The van der Waals surface area contributed by atoms with E-state index in [0.717, 1.165) is 11.3 Å².